The number of rotatable bonds is 6. The lowest BCUT2D eigenvalue weighted by atomic mass is 9.99. The number of carbonyl (C=O) groups is 2. The molecule has 146 valence electrons. The highest BCUT2D eigenvalue weighted by Crippen LogP contribution is 2.41. The van der Waals surface area contributed by atoms with Crippen molar-refractivity contribution in [2.45, 2.75) is 12.5 Å². The molecule has 28 heavy (non-hydrogen) atoms. The van der Waals surface area contributed by atoms with E-state index in [1.54, 1.807) is 37.4 Å². The van der Waals surface area contributed by atoms with Crippen LogP contribution >= 0.6 is 0 Å². The number of aliphatic hydroxyl groups is 1. The second-order valence-corrected chi connectivity index (χ2v) is 6.42. The van der Waals surface area contributed by atoms with Crippen LogP contribution in [0.4, 0.5) is 0 Å². The first-order valence-electron chi connectivity index (χ1n) is 8.82. The molecule has 1 amide bonds. The number of carbonyl (C=O) groups excluding carboxylic acids is 2. The largest absolute Gasteiger partial charge is 0.507 e. The van der Waals surface area contributed by atoms with Gasteiger partial charge in [-0.1, -0.05) is 0 Å². The molecule has 2 aliphatic rings. The fraction of sp³-hybridized carbons (Fsp3) is 0.300. The number of aliphatic hydroxyl groups excluding tert-OH is 1. The number of ketones is 1. The number of methoxy groups -OCH3 is 1. The molecule has 1 unspecified atom stereocenters. The predicted molar refractivity (Wildman–Crippen MR) is 96.8 cm³/mol. The van der Waals surface area contributed by atoms with Crippen LogP contribution in [0, 0.1) is 0 Å². The molecule has 0 saturated carbocycles. The van der Waals surface area contributed by atoms with Gasteiger partial charge in [-0.2, -0.15) is 0 Å². The highest BCUT2D eigenvalue weighted by molar-refractivity contribution is 6.46. The molecular formula is C20H19NO7. The van der Waals surface area contributed by atoms with Crippen molar-refractivity contribution in [3.63, 3.8) is 0 Å². The molecule has 1 fully saturated rings. The Morgan fingerprint density at radius 2 is 2.07 bits per heavy atom. The van der Waals surface area contributed by atoms with Crippen LogP contribution in [0.1, 0.15) is 23.8 Å². The first kappa shape index (κ1) is 18.1. The molecule has 4 rings (SSSR count). The van der Waals surface area contributed by atoms with Crippen molar-refractivity contribution in [3.8, 4) is 11.5 Å². The molecule has 1 N–H and O–H groups in total. The summed E-state index contributed by atoms with van der Waals surface area (Å²) in [5, 5.41) is 10.9. The van der Waals surface area contributed by atoms with Crippen molar-refractivity contribution in [3.05, 3.63) is 53.5 Å². The summed E-state index contributed by atoms with van der Waals surface area (Å²) < 4.78 is 21.1. The third-order valence-electron chi connectivity index (χ3n) is 4.75. The standard InChI is InChI=1S/C20H19NO7/c1-25-8-3-7-21-17(14-4-2-9-26-14)16(19(23)20(21)24)18(22)12-5-6-13-15(10-12)28-11-27-13/h2,4-6,9-10,17,22H,3,7-8,11H2,1H3/b18-16-. The average molecular weight is 385 g/mol. The molecule has 2 aromatic rings. The fourth-order valence-electron chi connectivity index (χ4n) is 3.43. The molecule has 1 aromatic carbocycles. The number of benzene rings is 1. The quantitative estimate of drug-likeness (QED) is 0.353. The number of nitrogens with zero attached hydrogens (tertiary/aromatic N) is 1. The van der Waals surface area contributed by atoms with Crippen molar-refractivity contribution in [2.24, 2.45) is 0 Å². The molecule has 3 heterocycles. The number of hydrogen-bond donors (Lipinski definition) is 1. The van der Waals surface area contributed by atoms with Crippen LogP contribution in [0.15, 0.2) is 46.6 Å². The van der Waals surface area contributed by atoms with Crippen LogP contribution in [0.25, 0.3) is 5.76 Å². The van der Waals surface area contributed by atoms with Gasteiger partial charge in [0, 0.05) is 25.8 Å². The zero-order chi connectivity index (χ0) is 19.7. The number of fused-ring (bicyclic) bond motifs is 1. The van der Waals surface area contributed by atoms with Gasteiger partial charge in [0.2, 0.25) is 6.79 Å². The lowest BCUT2D eigenvalue weighted by Crippen LogP contribution is -2.31. The van der Waals surface area contributed by atoms with E-state index in [1.807, 2.05) is 0 Å². The van der Waals surface area contributed by atoms with Crippen LogP contribution in [0.3, 0.4) is 0 Å². The van der Waals surface area contributed by atoms with Gasteiger partial charge in [-0.3, -0.25) is 9.59 Å². The maximum absolute atomic E-state index is 12.8. The van der Waals surface area contributed by atoms with E-state index in [2.05, 4.69) is 0 Å². The van der Waals surface area contributed by atoms with E-state index < -0.39 is 17.7 Å². The van der Waals surface area contributed by atoms with Gasteiger partial charge in [-0.25, -0.2) is 0 Å². The molecule has 0 aliphatic carbocycles. The average Bonchev–Trinajstić information content (AvgIpc) is 3.43. The van der Waals surface area contributed by atoms with Gasteiger partial charge in [0.25, 0.3) is 11.7 Å². The van der Waals surface area contributed by atoms with E-state index in [0.29, 0.717) is 42.4 Å². The number of ether oxygens (including phenoxy) is 3. The topological polar surface area (TPSA) is 98.4 Å². The third-order valence-corrected chi connectivity index (χ3v) is 4.75. The summed E-state index contributed by atoms with van der Waals surface area (Å²) in [6.45, 7) is 0.827. The number of likely N-dealkylation sites (tertiary alicyclic amines) is 1. The first-order chi connectivity index (χ1) is 13.6. The summed E-state index contributed by atoms with van der Waals surface area (Å²) in [7, 11) is 1.57. The first-order valence-corrected chi connectivity index (χ1v) is 8.82. The molecular weight excluding hydrogens is 366 g/mol. The Labute approximate surface area is 160 Å². The van der Waals surface area contributed by atoms with E-state index in [4.69, 9.17) is 18.6 Å². The van der Waals surface area contributed by atoms with Crippen LogP contribution < -0.4 is 9.47 Å². The SMILES string of the molecule is COCCCN1C(=O)C(=O)/C(=C(\O)c2ccc3c(c2)OCO3)C1c1ccco1. The summed E-state index contributed by atoms with van der Waals surface area (Å²) in [5.41, 5.74) is 0.340. The van der Waals surface area contributed by atoms with Gasteiger partial charge in [0.05, 0.1) is 11.8 Å². The van der Waals surface area contributed by atoms with Crippen molar-refractivity contribution in [1.29, 1.82) is 0 Å². The maximum atomic E-state index is 12.8. The van der Waals surface area contributed by atoms with Gasteiger partial charge in [0.1, 0.15) is 17.6 Å². The Morgan fingerprint density at radius 1 is 1.25 bits per heavy atom. The van der Waals surface area contributed by atoms with Gasteiger partial charge in [-0.05, 0) is 36.8 Å². The van der Waals surface area contributed by atoms with E-state index in [1.165, 1.54) is 11.2 Å². The molecule has 0 bridgehead atoms. The molecule has 1 saturated heterocycles. The zero-order valence-corrected chi connectivity index (χ0v) is 15.2. The molecule has 1 atom stereocenters. The van der Waals surface area contributed by atoms with E-state index in [9.17, 15) is 14.7 Å². The number of furan rings is 1. The minimum Gasteiger partial charge on any atom is -0.507 e. The zero-order valence-electron chi connectivity index (χ0n) is 15.2. The Hall–Kier alpha value is -3.26. The van der Waals surface area contributed by atoms with Crippen molar-refractivity contribution >= 4 is 17.4 Å². The minimum atomic E-state index is -0.808. The minimum absolute atomic E-state index is 0.0174. The Balaban J connectivity index is 1.77. The number of hydrogen-bond acceptors (Lipinski definition) is 7. The van der Waals surface area contributed by atoms with Crippen LogP contribution in [-0.2, 0) is 14.3 Å². The van der Waals surface area contributed by atoms with Gasteiger partial charge >= 0.3 is 0 Å². The van der Waals surface area contributed by atoms with Crippen LogP contribution in [-0.4, -0.2) is 48.8 Å². The molecule has 2 aliphatic heterocycles. The van der Waals surface area contributed by atoms with Gasteiger partial charge in [-0.15, -0.1) is 0 Å². The monoisotopic (exact) mass is 385 g/mol. The van der Waals surface area contributed by atoms with Gasteiger partial charge < -0.3 is 28.6 Å². The van der Waals surface area contributed by atoms with Crippen molar-refractivity contribution in [1.82, 2.24) is 4.90 Å². The van der Waals surface area contributed by atoms with Crippen molar-refractivity contribution < 1.29 is 33.3 Å². The summed E-state index contributed by atoms with van der Waals surface area (Å²) in [5.74, 6) is -0.299. The molecule has 0 spiro atoms. The Kier molecular flexibility index (Phi) is 4.79. The number of amides is 1. The smallest absolute Gasteiger partial charge is 0.295 e. The molecule has 8 heteroatoms. The molecule has 0 radical (unpaired) electrons. The summed E-state index contributed by atoms with van der Waals surface area (Å²) >= 11 is 0. The predicted octanol–water partition coefficient (Wildman–Crippen LogP) is 2.47. The summed E-state index contributed by atoms with van der Waals surface area (Å²) in [4.78, 5) is 26.8. The maximum Gasteiger partial charge on any atom is 0.295 e. The highest BCUT2D eigenvalue weighted by Gasteiger charge is 2.47. The van der Waals surface area contributed by atoms with Gasteiger partial charge in [0.15, 0.2) is 11.5 Å². The number of Topliss-reactive ketones (excluding diaryl/α,β-unsaturated/α-hetero) is 1. The lowest BCUT2D eigenvalue weighted by Gasteiger charge is -2.23. The Morgan fingerprint density at radius 3 is 2.82 bits per heavy atom. The van der Waals surface area contributed by atoms with Crippen molar-refractivity contribution in [2.75, 3.05) is 27.1 Å². The third kappa shape index (κ3) is 3.01. The summed E-state index contributed by atoms with van der Waals surface area (Å²) in [6.07, 6.45) is 2.01. The summed E-state index contributed by atoms with van der Waals surface area (Å²) in [6, 6.07) is 7.37. The Bertz CT molecular complexity index is 932. The fourth-order valence-corrected chi connectivity index (χ4v) is 3.43. The highest BCUT2D eigenvalue weighted by atomic mass is 16.7. The normalized spacial score (nSPS) is 20.2. The molecule has 8 nitrogen and oxygen atoms in total. The second-order valence-electron chi connectivity index (χ2n) is 6.42. The lowest BCUT2D eigenvalue weighted by molar-refractivity contribution is -0.140. The second kappa shape index (κ2) is 7.40. The van der Waals surface area contributed by atoms with E-state index in [-0.39, 0.29) is 18.1 Å². The van der Waals surface area contributed by atoms with Crippen LogP contribution in [0.2, 0.25) is 0 Å². The van der Waals surface area contributed by atoms with E-state index in [0.717, 1.165) is 0 Å². The van der Waals surface area contributed by atoms with Crippen LogP contribution in [0.5, 0.6) is 11.5 Å². The molecule has 1 aromatic heterocycles. The van der Waals surface area contributed by atoms with E-state index >= 15 is 0 Å².